The molecule has 0 aliphatic heterocycles. The molecular formula is C16H13ClFIN2O3. The molecule has 0 aliphatic carbocycles. The van der Waals surface area contributed by atoms with E-state index in [1.807, 2.05) is 22.6 Å². The van der Waals surface area contributed by atoms with Crippen molar-refractivity contribution in [1.82, 2.24) is 10.9 Å². The standard InChI is InChI=1S/C16H13ClFIN2O3/c1-9(24-14-5-3-2-4-12(14)18)15(22)20-21-16(23)11-8-10(17)6-7-13(11)19/h2-9H,1H3,(H,20,22)(H,21,23). The fourth-order valence-corrected chi connectivity index (χ4v) is 2.50. The summed E-state index contributed by atoms with van der Waals surface area (Å²) in [6, 6.07) is 10.6. The SMILES string of the molecule is CC(Oc1ccccc1F)C(=O)NNC(=O)c1cc(Cl)ccc1I. The second-order valence-electron chi connectivity index (χ2n) is 4.76. The molecule has 2 aromatic carbocycles. The second kappa shape index (κ2) is 8.29. The Hall–Kier alpha value is -1.87. The largest absolute Gasteiger partial charge is 0.478 e. The van der Waals surface area contributed by atoms with Crippen LogP contribution in [-0.4, -0.2) is 17.9 Å². The molecule has 0 aliphatic rings. The minimum atomic E-state index is -0.999. The van der Waals surface area contributed by atoms with Crippen molar-refractivity contribution in [3.05, 3.63) is 62.4 Å². The van der Waals surface area contributed by atoms with Crippen molar-refractivity contribution in [2.75, 3.05) is 0 Å². The zero-order valence-electron chi connectivity index (χ0n) is 12.5. The van der Waals surface area contributed by atoms with E-state index in [0.29, 0.717) is 14.2 Å². The van der Waals surface area contributed by atoms with Gasteiger partial charge in [0.1, 0.15) is 0 Å². The molecule has 1 unspecified atom stereocenters. The van der Waals surface area contributed by atoms with Crippen LogP contribution in [0.3, 0.4) is 0 Å². The number of hydrogen-bond donors (Lipinski definition) is 2. The van der Waals surface area contributed by atoms with Crippen LogP contribution in [0.15, 0.2) is 42.5 Å². The third kappa shape index (κ3) is 4.81. The number of nitrogens with one attached hydrogen (secondary N) is 2. The van der Waals surface area contributed by atoms with Gasteiger partial charge in [0.05, 0.1) is 5.56 Å². The molecule has 0 aromatic heterocycles. The maximum atomic E-state index is 13.5. The van der Waals surface area contributed by atoms with Gasteiger partial charge in [-0.2, -0.15) is 0 Å². The first-order chi connectivity index (χ1) is 11.4. The Bertz CT molecular complexity index is 773. The molecule has 1 atom stereocenters. The zero-order chi connectivity index (χ0) is 17.7. The van der Waals surface area contributed by atoms with Gasteiger partial charge in [-0.15, -0.1) is 0 Å². The normalized spacial score (nSPS) is 11.5. The van der Waals surface area contributed by atoms with Gasteiger partial charge in [-0.25, -0.2) is 4.39 Å². The van der Waals surface area contributed by atoms with Crippen LogP contribution in [0, 0.1) is 9.39 Å². The highest BCUT2D eigenvalue weighted by molar-refractivity contribution is 14.1. The van der Waals surface area contributed by atoms with Crippen molar-refractivity contribution in [2.45, 2.75) is 13.0 Å². The zero-order valence-corrected chi connectivity index (χ0v) is 15.4. The van der Waals surface area contributed by atoms with Crippen molar-refractivity contribution in [3.8, 4) is 5.75 Å². The molecule has 2 aromatic rings. The van der Waals surface area contributed by atoms with Gasteiger partial charge in [-0.05, 0) is 59.8 Å². The quantitative estimate of drug-likeness (QED) is 0.541. The first-order valence-electron chi connectivity index (χ1n) is 6.85. The Kier molecular flexibility index (Phi) is 6.38. The Morgan fingerprint density at radius 1 is 1.21 bits per heavy atom. The van der Waals surface area contributed by atoms with Gasteiger partial charge < -0.3 is 4.74 Å². The Morgan fingerprint density at radius 2 is 1.92 bits per heavy atom. The Labute approximate surface area is 156 Å². The van der Waals surface area contributed by atoms with Gasteiger partial charge in [0.25, 0.3) is 11.8 Å². The highest BCUT2D eigenvalue weighted by atomic mass is 127. The van der Waals surface area contributed by atoms with Gasteiger partial charge in [0, 0.05) is 8.59 Å². The molecule has 0 spiro atoms. The number of ether oxygens (including phenoxy) is 1. The van der Waals surface area contributed by atoms with Crippen LogP contribution in [0.5, 0.6) is 5.75 Å². The molecule has 5 nitrogen and oxygen atoms in total. The molecule has 2 N–H and O–H groups in total. The number of hydrazine groups is 1. The third-order valence-corrected chi connectivity index (χ3v) is 4.16. The number of benzene rings is 2. The number of para-hydroxylation sites is 1. The average molecular weight is 463 g/mol. The van der Waals surface area contributed by atoms with E-state index in [1.165, 1.54) is 31.2 Å². The molecule has 8 heteroatoms. The fraction of sp³-hybridized carbons (Fsp3) is 0.125. The van der Waals surface area contributed by atoms with Gasteiger partial charge in [0.2, 0.25) is 0 Å². The summed E-state index contributed by atoms with van der Waals surface area (Å²) in [6.07, 6.45) is -0.999. The molecule has 0 saturated heterocycles. The summed E-state index contributed by atoms with van der Waals surface area (Å²) in [4.78, 5) is 24.0. The summed E-state index contributed by atoms with van der Waals surface area (Å²) in [6.45, 7) is 1.44. The van der Waals surface area contributed by atoms with Crippen molar-refractivity contribution in [1.29, 1.82) is 0 Å². The van der Waals surface area contributed by atoms with Crippen LogP contribution in [0.25, 0.3) is 0 Å². The van der Waals surface area contributed by atoms with Crippen molar-refractivity contribution in [2.24, 2.45) is 0 Å². The molecule has 0 saturated carbocycles. The maximum Gasteiger partial charge on any atom is 0.279 e. The van der Waals surface area contributed by atoms with Crippen LogP contribution in [0.1, 0.15) is 17.3 Å². The highest BCUT2D eigenvalue weighted by Crippen LogP contribution is 2.18. The number of rotatable bonds is 4. The molecule has 0 radical (unpaired) electrons. The molecule has 24 heavy (non-hydrogen) atoms. The lowest BCUT2D eigenvalue weighted by Gasteiger charge is -2.15. The summed E-state index contributed by atoms with van der Waals surface area (Å²) in [5.41, 5.74) is 4.83. The van der Waals surface area contributed by atoms with E-state index in [-0.39, 0.29) is 5.75 Å². The fourth-order valence-electron chi connectivity index (χ4n) is 1.74. The highest BCUT2D eigenvalue weighted by Gasteiger charge is 2.18. The van der Waals surface area contributed by atoms with E-state index < -0.39 is 23.7 Å². The number of hydrogen-bond acceptors (Lipinski definition) is 3. The molecule has 0 bridgehead atoms. The molecule has 0 heterocycles. The summed E-state index contributed by atoms with van der Waals surface area (Å²) in [5, 5.41) is 0.406. The number of carbonyl (C=O) groups is 2. The van der Waals surface area contributed by atoms with Crippen LogP contribution in [-0.2, 0) is 4.79 Å². The molecule has 2 rings (SSSR count). The number of carbonyl (C=O) groups excluding carboxylic acids is 2. The van der Waals surface area contributed by atoms with E-state index in [4.69, 9.17) is 16.3 Å². The molecule has 126 valence electrons. The van der Waals surface area contributed by atoms with Gasteiger partial charge in [-0.3, -0.25) is 20.4 Å². The van der Waals surface area contributed by atoms with Gasteiger partial charge in [0.15, 0.2) is 17.7 Å². The third-order valence-electron chi connectivity index (χ3n) is 2.98. The lowest BCUT2D eigenvalue weighted by atomic mass is 10.2. The number of halogens is 3. The van der Waals surface area contributed by atoms with Gasteiger partial charge >= 0.3 is 0 Å². The molecular weight excluding hydrogens is 450 g/mol. The van der Waals surface area contributed by atoms with Crippen molar-refractivity contribution >= 4 is 46.0 Å². The molecule has 0 fully saturated rings. The van der Waals surface area contributed by atoms with E-state index in [0.717, 1.165) is 0 Å². The lowest BCUT2D eigenvalue weighted by molar-refractivity contribution is -0.128. The van der Waals surface area contributed by atoms with Crippen molar-refractivity contribution < 1.29 is 18.7 Å². The summed E-state index contributed by atoms with van der Waals surface area (Å²) in [7, 11) is 0. The summed E-state index contributed by atoms with van der Waals surface area (Å²) in [5.74, 6) is -1.76. The first-order valence-corrected chi connectivity index (χ1v) is 8.30. The predicted molar refractivity (Wildman–Crippen MR) is 96.3 cm³/mol. The monoisotopic (exact) mass is 462 g/mol. The minimum Gasteiger partial charge on any atom is -0.478 e. The van der Waals surface area contributed by atoms with Gasteiger partial charge in [-0.1, -0.05) is 23.7 Å². The smallest absolute Gasteiger partial charge is 0.279 e. The van der Waals surface area contributed by atoms with Crippen LogP contribution in [0.4, 0.5) is 4.39 Å². The first kappa shape index (κ1) is 18.5. The predicted octanol–water partition coefficient (Wildman–Crippen LogP) is 3.31. The Morgan fingerprint density at radius 3 is 2.62 bits per heavy atom. The van der Waals surface area contributed by atoms with Crippen LogP contribution < -0.4 is 15.6 Å². The Balaban J connectivity index is 1.93. The van der Waals surface area contributed by atoms with Crippen molar-refractivity contribution in [3.63, 3.8) is 0 Å². The van der Waals surface area contributed by atoms with E-state index in [1.54, 1.807) is 18.2 Å². The van der Waals surface area contributed by atoms with E-state index in [2.05, 4.69) is 10.9 Å². The average Bonchev–Trinajstić information content (AvgIpc) is 2.56. The van der Waals surface area contributed by atoms with E-state index >= 15 is 0 Å². The van der Waals surface area contributed by atoms with Crippen LogP contribution >= 0.6 is 34.2 Å². The minimum absolute atomic E-state index is 0.0455. The number of amides is 2. The lowest BCUT2D eigenvalue weighted by Crippen LogP contribution is -2.47. The topological polar surface area (TPSA) is 67.4 Å². The van der Waals surface area contributed by atoms with E-state index in [9.17, 15) is 14.0 Å². The summed E-state index contributed by atoms with van der Waals surface area (Å²) >= 11 is 7.84. The molecule has 2 amide bonds. The maximum absolute atomic E-state index is 13.5. The van der Waals surface area contributed by atoms with Crippen LogP contribution in [0.2, 0.25) is 5.02 Å². The second-order valence-corrected chi connectivity index (χ2v) is 6.36. The summed E-state index contributed by atoms with van der Waals surface area (Å²) < 4.78 is 19.4.